The number of halogens is 1. The molecular formula is C18H20FN3O5. The minimum Gasteiger partial charge on any atom is -0.496 e. The number of carbonyl (C=O) groups is 2. The van der Waals surface area contributed by atoms with E-state index in [-0.39, 0.29) is 24.7 Å². The zero-order chi connectivity index (χ0) is 19.6. The summed E-state index contributed by atoms with van der Waals surface area (Å²) in [6.45, 7) is 0.110. The van der Waals surface area contributed by atoms with Crippen molar-refractivity contribution in [1.82, 2.24) is 10.3 Å². The summed E-state index contributed by atoms with van der Waals surface area (Å²) in [5, 5.41) is 3.85. The van der Waals surface area contributed by atoms with E-state index in [1.807, 2.05) is 0 Å². The summed E-state index contributed by atoms with van der Waals surface area (Å²) in [7, 11) is 2.87. The number of alkyl halides is 1. The number of fused-ring (bicyclic) bond motifs is 1. The molecule has 1 aromatic carbocycles. The summed E-state index contributed by atoms with van der Waals surface area (Å²) in [6.07, 6.45) is -0.121. The van der Waals surface area contributed by atoms with Gasteiger partial charge in [0.25, 0.3) is 11.8 Å². The number of carbonyl (C=O) groups excluding carboxylic acids is 2. The van der Waals surface area contributed by atoms with Crippen LogP contribution in [-0.2, 0) is 9.53 Å². The molecule has 1 aromatic heterocycles. The van der Waals surface area contributed by atoms with Gasteiger partial charge in [-0.25, -0.2) is 9.37 Å². The molecule has 8 nitrogen and oxygen atoms in total. The first-order valence-corrected chi connectivity index (χ1v) is 8.29. The predicted molar refractivity (Wildman–Crippen MR) is 94.5 cm³/mol. The highest BCUT2D eigenvalue weighted by Crippen LogP contribution is 2.31. The number of nitrogens with zero attached hydrogens (tertiary/aromatic N) is 1. The molecule has 1 fully saturated rings. The van der Waals surface area contributed by atoms with E-state index in [1.165, 1.54) is 20.4 Å². The normalized spacial score (nSPS) is 21.9. The van der Waals surface area contributed by atoms with Gasteiger partial charge in [-0.1, -0.05) is 0 Å². The van der Waals surface area contributed by atoms with Gasteiger partial charge in [-0.05, 0) is 23.6 Å². The zero-order valence-corrected chi connectivity index (χ0v) is 14.9. The van der Waals surface area contributed by atoms with E-state index in [0.29, 0.717) is 16.5 Å². The third-order valence-corrected chi connectivity index (χ3v) is 4.54. The van der Waals surface area contributed by atoms with Gasteiger partial charge in [0, 0.05) is 24.6 Å². The number of primary amides is 1. The second-order valence-electron chi connectivity index (χ2n) is 6.20. The molecule has 0 aliphatic carbocycles. The predicted octanol–water partition coefficient (Wildman–Crippen LogP) is 0.820. The monoisotopic (exact) mass is 377 g/mol. The molecule has 9 heteroatoms. The summed E-state index contributed by atoms with van der Waals surface area (Å²) in [4.78, 5) is 27.4. The highest BCUT2D eigenvalue weighted by atomic mass is 19.1. The third kappa shape index (κ3) is 3.63. The number of nitrogens with one attached hydrogen (secondary N) is 1. The molecule has 27 heavy (non-hydrogen) atoms. The molecule has 3 N–H and O–H groups in total. The molecule has 2 amide bonds. The Balaban J connectivity index is 1.87. The molecule has 1 aliphatic heterocycles. The Bertz CT molecular complexity index is 875. The second kappa shape index (κ2) is 7.75. The number of rotatable bonds is 7. The summed E-state index contributed by atoms with van der Waals surface area (Å²) >= 11 is 0. The van der Waals surface area contributed by atoms with Crippen LogP contribution in [0, 0.1) is 5.92 Å². The second-order valence-corrected chi connectivity index (χ2v) is 6.20. The lowest BCUT2D eigenvalue weighted by molar-refractivity contribution is -0.124. The lowest BCUT2D eigenvalue weighted by Gasteiger charge is -2.19. The first kappa shape index (κ1) is 18.8. The third-order valence-electron chi connectivity index (χ3n) is 4.54. The number of nitrogens with two attached hydrogens (primary N) is 1. The van der Waals surface area contributed by atoms with Gasteiger partial charge in [0.1, 0.15) is 12.4 Å². The Labute approximate surface area is 154 Å². The molecule has 1 saturated heterocycles. The number of aromatic nitrogens is 1. The molecule has 0 saturated carbocycles. The van der Waals surface area contributed by atoms with Crippen molar-refractivity contribution in [2.45, 2.75) is 12.2 Å². The van der Waals surface area contributed by atoms with E-state index in [9.17, 15) is 14.0 Å². The molecule has 1 aliphatic rings. The molecule has 3 atom stereocenters. The maximum Gasteiger partial charge on any atom is 0.255 e. The SMILES string of the molecule is COC[C@@H]1C(F)C(=O)N[C@@H]1COc1nccc2cc(C(N)=O)c(OC)cc12. The fourth-order valence-corrected chi connectivity index (χ4v) is 3.15. The molecular weight excluding hydrogens is 357 g/mol. The van der Waals surface area contributed by atoms with Crippen molar-refractivity contribution >= 4 is 22.6 Å². The molecule has 2 heterocycles. The van der Waals surface area contributed by atoms with Gasteiger partial charge < -0.3 is 25.3 Å². The molecule has 144 valence electrons. The largest absolute Gasteiger partial charge is 0.496 e. The van der Waals surface area contributed by atoms with Crippen LogP contribution in [0.15, 0.2) is 24.4 Å². The van der Waals surface area contributed by atoms with Crippen LogP contribution < -0.4 is 20.5 Å². The fourth-order valence-electron chi connectivity index (χ4n) is 3.15. The van der Waals surface area contributed by atoms with Gasteiger partial charge in [-0.15, -0.1) is 0 Å². The number of hydrogen-bond donors (Lipinski definition) is 2. The van der Waals surface area contributed by atoms with Gasteiger partial charge in [0.15, 0.2) is 6.17 Å². The van der Waals surface area contributed by atoms with Gasteiger partial charge in [0.05, 0.1) is 25.3 Å². The van der Waals surface area contributed by atoms with Crippen LogP contribution in [-0.4, -0.2) is 56.4 Å². The molecule has 0 spiro atoms. The summed E-state index contributed by atoms with van der Waals surface area (Å²) in [5.74, 6) is -1.37. The van der Waals surface area contributed by atoms with Crippen LogP contribution in [0.25, 0.3) is 10.8 Å². The van der Waals surface area contributed by atoms with Crippen molar-refractivity contribution in [2.75, 3.05) is 27.4 Å². The van der Waals surface area contributed by atoms with Crippen LogP contribution in [0.2, 0.25) is 0 Å². The van der Waals surface area contributed by atoms with Gasteiger partial charge in [-0.3, -0.25) is 9.59 Å². The van der Waals surface area contributed by atoms with Gasteiger partial charge in [-0.2, -0.15) is 0 Å². The topological polar surface area (TPSA) is 113 Å². The number of hydrogen-bond acceptors (Lipinski definition) is 6. The van der Waals surface area contributed by atoms with E-state index in [0.717, 1.165) is 0 Å². The molecule has 0 radical (unpaired) electrons. The van der Waals surface area contributed by atoms with Gasteiger partial charge >= 0.3 is 0 Å². The summed E-state index contributed by atoms with van der Waals surface area (Å²) < 4.78 is 30.0. The first-order valence-electron chi connectivity index (χ1n) is 8.29. The van der Waals surface area contributed by atoms with Crippen LogP contribution >= 0.6 is 0 Å². The van der Waals surface area contributed by atoms with Crippen LogP contribution in [0.3, 0.4) is 0 Å². The first-order chi connectivity index (χ1) is 13.0. The highest BCUT2D eigenvalue weighted by molar-refractivity contribution is 6.01. The summed E-state index contributed by atoms with van der Waals surface area (Å²) in [6, 6.07) is 4.36. The molecule has 0 bridgehead atoms. The lowest BCUT2D eigenvalue weighted by atomic mass is 10.0. The molecule has 1 unspecified atom stereocenters. The Morgan fingerprint density at radius 2 is 2.11 bits per heavy atom. The average molecular weight is 377 g/mol. The Hall–Kier alpha value is -2.94. The van der Waals surface area contributed by atoms with Crippen LogP contribution in [0.5, 0.6) is 11.6 Å². The van der Waals surface area contributed by atoms with E-state index in [2.05, 4.69) is 10.3 Å². The maximum atomic E-state index is 14.0. The maximum absolute atomic E-state index is 14.0. The number of amides is 2. The zero-order valence-electron chi connectivity index (χ0n) is 14.9. The standard InChI is InChI=1S/C18H20FN3O5/c1-25-7-12-13(22-17(24)15(12)19)8-27-18-10-6-14(26-2)11(16(20)23)5-9(10)3-4-21-18/h3-6,12-13,15H,7-8H2,1-2H3,(H2,20,23)(H,22,24)/t12-,13+,15?/m0/s1. The minimum absolute atomic E-state index is 0.0200. The van der Waals surface area contributed by atoms with Crippen molar-refractivity contribution in [3.05, 3.63) is 30.0 Å². The van der Waals surface area contributed by atoms with Crippen molar-refractivity contribution in [3.63, 3.8) is 0 Å². The number of pyridine rings is 1. The van der Waals surface area contributed by atoms with Crippen molar-refractivity contribution in [1.29, 1.82) is 0 Å². The quantitative estimate of drug-likeness (QED) is 0.739. The Morgan fingerprint density at radius 1 is 1.33 bits per heavy atom. The Kier molecular flexibility index (Phi) is 5.41. The van der Waals surface area contributed by atoms with E-state index < -0.39 is 29.9 Å². The molecule has 3 rings (SSSR count). The van der Waals surface area contributed by atoms with E-state index in [4.69, 9.17) is 19.9 Å². The van der Waals surface area contributed by atoms with Gasteiger partial charge in [0.2, 0.25) is 5.88 Å². The number of methoxy groups -OCH3 is 2. The minimum atomic E-state index is -1.64. The summed E-state index contributed by atoms with van der Waals surface area (Å²) in [5.41, 5.74) is 5.62. The van der Waals surface area contributed by atoms with Crippen molar-refractivity contribution in [2.24, 2.45) is 11.7 Å². The fraction of sp³-hybridized carbons (Fsp3) is 0.389. The van der Waals surface area contributed by atoms with Crippen LogP contribution in [0.4, 0.5) is 4.39 Å². The van der Waals surface area contributed by atoms with E-state index >= 15 is 0 Å². The van der Waals surface area contributed by atoms with E-state index in [1.54, 1.807) is 18.2 Å². The number of benzene rings is 1. The average Bonchev–Trinajstić information content (AvgIpc) is 2.93. The smallest absolute Gasteiger partial charge is 0.255 e. The van der Waals surface area contributed by atoms with Crippen LogP contribution in [0.1, 0.15) is 10.4 Å². The molecule has 2 aromatic rings. The van der Waals surface area contributed by atoms with Crippen molar-refractivity contribution in [3.8, 4) is 11.6 Å². The Morgan fingerprint density at radius 3 is 2.78 bits per heavy atom. The lowest BCUT2D eigenvalue weighted by Crippen LogP contribution is -2.36. The highest BCUT2D eigenvalue weighted by Gasteiger charge is 2.43. The number of ether oxygens (including phenoxy) is 3. The van der Waals surface area contributed by atoms with Crippen molar-refractivity contribution < 1.29 is 28.2 Å².